The van der Waals surface area contributed by atoms with Crippen LogP contribution in [0.1, 0.15) is 56.0 Å². The lowest BCUT2D eigenvalue weighted by Gasteiger charge is -2.29. The molecule has 2 N–H and O–H groups in total. The highest BCUT2D eigenvalue weighted by molar-refractivity contribution is 6.00. The van der Waals surface area contributed by atoms with E-state index < -0.39 is 11.7 Å². The van der Waals surface area contributed by atoms with Crippen molar-refractivity contribution in [3.8, 4) is 0 Å². The van der Waals surface area contributed by atoms with Gasteiger partial charge < -0.3 is 39.4 Å². The van der Waals surface area contributed by atoms with Gasteiger partial charge >= 0.3 is 6.09 Å². The van der Waals surface area contributed by atoms with Crippen molar-refractivity contribution in [3.63, 3.8) is 0 Å². The summed E-state index contributed by atoms with van der Waals surface area (Å²) >= 11 is 0. The van der Waals surface area contributed by atoms with Gasteiger partial charge in [-0.3, -0.25) is 14.4 Å². The van der Waals surface area contributed by atoms with E-state index in [1.165, 1.54) is 4.90 Å². The van der Waals surface area contributed by atoms with E-state index in [1.54, 1.807) is 43.9 Å². The summed E-state index contributed by atoms with van der Waals surface area (Å²) in [5.74, 6) is -0.435. The van der Waals surface area contributed by atoms with E-state index in [9.17, 15) is 19.2 Å². The Bertz CT molecular complexity index is 1180. The van der Waals surface area contributed by atoms with Crippen molar-refractivity contribution in [2.45, 2.75) is 58.2 Å². The summed E-state index contributed by atoms with van der Waals surface area (Å²) < 4.78 is 21.9. The van der Waals surface area contributed by atoms with E-state index in [1.807, 2.05) is 0 Å². The molecule has 0 radical (unpaired) electrons. The Kier molecular flexibility index (Phi) is 13.0. The molecule has 15 heteroatoms. The van der Waals surface area contributed by atoms with Gasteiger partial charge in [0.05, 0.1) is 45.5 Å². The van der Waals surface area contributed by atoms with Crippen LogP contribution in [0, 0.1) is 0 Å². The van der Waals surface area contributed by atoms with Gasteiger partial charge in [0.2, 0.25) is 11.8 Å². The average molecular weight is 604 g/mol. The zero-order valence-electron chi connectivity index (χ0n) is 25.0. The quantitative estimate of drug-likeness (QED) is 0.141. The number of hydrogen-bond donors (Lipinski definition) is 2. The number of nitrogens with zero attached hydrogens (tertiary/aromatic N) is 5. The van der Waals surface area contributed by atoms with Crippen molar-refractivity contribution >= 4 is 29.5 Å². The molecular weight excluding hydrogens is 562 g/mol. The number of hydrogen-bond acceptors (Lipinski definition) is 9. The van der Waals surface area contributed by atoms with E-state index in [0.29, 0.717) is 37.2 Å². The van der Waals surface area contributed by atoms with Crippen molar-refractivity contribution in [3.05, 3.63) is 39.8 Å². The highest BCUT2D eigenvalue weighted by Gasteiger charge is 2.33. The molecule has 1 fully saturated rings. The number of carbonyl (C=O) groups is 4. The third kappa shape index (κ3) is 11.4. The molecule has 2 heterocycles. The van der Waals surface area contributed by atoms with Gasteiger partial charge in [0.15, 0.2) is 0 Å². The molecule has 3 rings (SSSR count). The maximum Gasteiger partial charge on any atom is 0.410 e. The molecule has 4 amide bonds. The molecule has 2 aliphatic rings. The molecule has 43 heavy (non-hydrogen) atoms. The molecule has 0 bridgehead atoms. The second kappa shape index (κ2) is 16.7. The predicted octanol–water partition coefficient (Wildman–Crippen LogP) is 2.80. The topological polar surface area (TPSA) is 184 Å². The van der Waals surface area contributed by atoms with E-state index in [0.717, 1.165) is 5.56 Å². The molecule has 1 unspecified atom stereocenters. The average Bonchev–Trinajstić information content (AvgIpc) is 3.25. The summed E-state index contributed by atoms with van der Waals surface area (Å²) in [5, 5.41) is 8.95. The molecule has 236 valence electrons. The van der Waals surface area contributed by atoms with Crippen LogP contribution in [0.5, 0.6) is 0 Å². The fourth-order valence-corrected chi connectivity index (χ4v) is 4.47. The molecule has 0 aliphatic carbocycles. The van der Waals surface area contributed by atoms with Crippen LogP contribution >= 0.6 is 0 Å². The van der Waals surface area contributed by atoms with Gasteiger partial charge in [0.25, 0.3) is 5.91 Å². The summed E-state index contributed by atoms with van der Waals surface area (Å²) in [6.45, 7) is 7.73. The van der Waals surface area contributed by atoms with Crippen LogP contribution < -0.4 is 10.6 Å². The predicted molar refractivity (Wildman–Crippen MR) is 155 cm³/mol. The molecule has 1 saturated heterocycles. The number of ether oxygens (including phenoxy) is 4. The van der Waals surface area contributed by atoms with Crippen LogP contribution in [0.4, 0.5) is 10.5 Å². The van der Waals surface area contributed by atoms with Crippen molar-refractivity contribution in [2.24, 2.45) is 5.11 Å². The van der Waals surface area contributed by atoms with Crippen molar-refractivity contribution < 1.29 is 38.1 Å². The minimum Gasteiger partial charge on any atom is -0.444 e. The maximum atomic E-state index is 13.0. The molecular formula is C28H41N7O8. The third-order valence-corrected chi connectivity index (χ3v) is 6.58. The first-order chi connectivity index (χ1) is 20.6. The summed E-state index contributed by atoms with van der Waals surface area (Å²) in [5.41, 5.74) is 9.80. The van der Waals surface area contributed by atoms with Gasteiger partial charge in [0, 0.05) is 48.8 Å². The Hall–Kier alpha value is -3.91. The molecule has 2 aliphatic heterocycles. The monoisotopic (exact) mass is 603 g/mol. The minimum atomic E-state index is -0.652. The van der Waals surface area contributed by atoms with Gasteiger partial charge in [-0.15, -0.1) is 0 Å². The van der Waals surface area contributed by atoms with Crippen LogP contribution in [0.2, 0.25) is 0 Å². The van der Waals surface area contributed by atoms with Crippen LogP contribution in [-0.2, 0) is 35.1 Å². The number of carbonyl (C=O) groups excluding carboxylic acids is 4. The van der Waals surface area contributed by atoms with Crippen LogP contribution in [0.3, 0.4) is 0 Å². The molecule has 1 aromatic carbocycles. The Morgan fingerprint density at radius 2 is 1.95 bits per heavy atom. The van der Waals surface area contributed by atoms with E-state index in [-0.39, 0.29) is 83.0 Å². The van der Waals surface area contributed by atoms with Gasteiger partial charge in [-0.05, 0) is 56.5 Å². The van der Waals surface area contributed by atoms with E-state index >= 15 is 0 Å². The van der Waals surface area contributed by atoms with Crippen molar-refractivity contribution in [1.82, 2.24) is 15.1 Å². The molecule has 15 nitrogen and oxygen atoms in total. The molecule has 0 aromatic heterocycles. The lowest BCUT2D eigenvalue weighted by atomic mass is 10.1. The van der Waals surface area contributed by atoms with E-state index in [4.69, 9.17) is 24.5 Å². The third-order valence-electron chi connectivity index (χ3n) is 6.58. The molecule has 1 atom stereocenters. The molecule has 0 saturated carbocycles. The molecule has 1 aromatic rings. The fourth-order valence-electron chi connectivity index (χ4n) is 4.47. The van der Waals surface area contributed by atoms with Gasteiger partial charge in [-0.1, -0.05) is 5.11 Å². The minimum absolute atomic E-state index is 0.0997. The standard InChI is InChI=1S/C28H41N7O8/c1-28(2,3)43-27(39)34(10-9-31-33-29)11-13-41-15-14-40-12-8-25(37)32-21-4-6-23-20(16-21)17-35(26(23)38)22-5-7-24(36)30-19-42-18-22/h4,6,16,22H,5,7-15,17-19H2,1-3H3,(H,30,36)(H,32,37). The highest BCUT2D eigenvalue weighted by atomic mass is 16.6. The Balaban J connectivity index is 1.33. The van der Waals surface area contributed by atoms with Crippen LogP contribution in [0.15, 0.2) is 23.3 Å². The lowest BCUT2D eigenvalue weighted by molar-refractivity contribution is -0.124. The SMILES string of the molecule is CC(C)(C)OC(=O)N(CCN=[N+]=[N-])CCOCCOCCC(=O)Nc1ccc2c(c1)CN(C1CCC(=O)NCOC1)C2=O. The zero-order valence-corrected chi connectivity index (χ0v) is 25.0. The number of anilines is 1. The Labute approximate surface area is 250 Å². The maximum absolute atomic E-state index is 13.0. The normalized spacial score (nSPS) is 16.8. The number of rotatable bonds is 14. The zero-order chi connectivity index (χ0) is 31.2. The summed E-state index contributed by atoms with van der Waals surface area (Å²) in [6, 6.07) is 5.00. The van der Waals surface area contributed by atoms with Crippen molar-refractivity contribution in [2.75, 3.05) is 64.7 Å². The highest BCUT2D eigenvalue weighted by Crippen LogP contribution is 2.29. The summed E-state index contributed by atoms with van der Waals surface area (Å²) in [4.78, 5) is 55.3. The lowest BCUT2D eigenvalue weighted by Crippen LogP contribution is -2.42. The first-order valence-corrected chi connectivity index (χ1v) is 14.3. The van der Waals surface area contributed by atoms with Gasteiger partial charge in [0.1, 0.15) is 12.3 Å². The first-order valence-electron chi connectivity index (χ1n) is 14.3. The van der Waals surface area contributed by atoms with Crippen molar-refractivity contribution in [1.29, 1.82) is 0 Å². The number of fused-ring (bicyclic) bond motifs is 1. The van der Waals surface area contributed by atoms with E-state index in [2.05, 4.69) is 20.7 Å². The van der Waals surface area contributed by atoms with Crippen LogP contribution in [-0.4, -0.2) is 105 Å². The number of azide groups is 1. The number of nitrogens with one attached hydrogen (secondary N) is 2. The largest absolute Gasteiger partial charge is 0.444 e. The molecule has 0 spiro atoms. The second-order valence-corrected chi connectivity index (χ2v) is 11.1. The van der Waals surface area contributed by atoms with Gasteiger partial charge in [-0.25, -0.2) is 4.79 Å². The summed E-state index contributed by atoms with van der Waals surface area (Å²) in [6.07, 6.45) is 0.467. The summed E-state index contributed by atoms with van der Waals surface area (Å²) in [7, 11) is 0. The fraction of sp³-hybridized carbons (Fsp3) is 0.643. The first kappa shape index (κ1) is 33.6. The number of amides is 4. The smallest absolute Gasteiger partial charge is 0.410 e. The number of benzene rings is 1. The van der Waals surface area contributed by atoms with Crippen LogP contribution in [0.25, 0.3) is 10.4 Å². The Morgan fingerprint density at radius 1 is 1.19 bits per heavy atom. The van der Waals surface area contributed by atoms with Gasteiger partial charge in [-0.2, -0.15) is 0 Å². The second-order valence-electron chi connectivity index (χ2n) is 11.1. The Morgan fingerprint density at radius 3 is 2.70 bits per heavy atom.